The second kappa shape index (κ2) is 11.9. The van der Waals surface area contributed by atoms with Gasteiger partial charge < -0.3 is 9.47 Å². The summed E-state index contributed by atoms with van der Waals surface area (Å²) in [6.45, 7) is 2.26. The van der Waals surface area contributed by atoms with Crippen molar-refractivity contribution in [2.24, 2.45) is 5.92 Å². The molecule has 202 valence electrons. The van der Waals surface area contributed by atoms with E-state index in [-0.39, 0.29) is 11.9 Å². The van der Waals surface area contributed by atoms with Crippen molar-refractivity contribution in [2.75, 3.05) is 7.11 Å². The predicted octanol–water partition coefficient (Wildman–Crippen LogP) is 8.20. The third-order valence-corrected chi connectivity index (χ3v) is 9.02. The van der Waals surface area contributed by atoms with Crippen LogP contribution in [0.25, 0.3) is 21.5 Å². The van der Waals surface area contributed by atoms with E-state index in [2.05, 4.69) is 31.2 Å². The van der Waals surface area contributed by atoms with E-state index < -0.39 is 17.4 Å². The average Bonchev–Trinajstić information content (AvgIpc) is 3.21. The van der Waals surface area contributed by atoms with E-state index in [9.17, 15) is 9.59 Å². The van der Waals surface area contributed by atoms with E-state index in [1.165, 1.54) is 64.9 Å². The van der Waals surface area contributed by atoms with E-state index in [1.807, 2.05) is 24.3 Å². The number of ether oxygens (including phenoxy) is 2. The van der Waals surface area contributed by atoms with Crippen LogP contribution in [-0.2, 0) is 30.9 Å². The van der Waals surface area contributed by atoms with Crippen molar-refractivity contribution in [2.45, 2.75) is 102 Å². The van der Waals surface area contributed by atoms with Crippen molar-refractivity contribution >= 4 is 33.5 Å². The standard InChI is InChI=1S/C34H42O4/c1-3-4-5-6-7-8-9-10-11-12-13-22-29-31(32(35)37-2)34(33(36)38-29)23-28-24-18-14-16-20-26(24)30(34)27-21-17-15-19-25(27)28/h14-21,29,31H,3-13,22-23H2,1-2H3/t29-,31+,34-/m0/s1. The fourth-order valence-electron chi connectivity index (χ4n) is 7.17. The lowest BCUT2D eigenvalue weighted by molar-refractivity contribution is -0.149. The van der Waals surface area contributed by atoms with E-state index in [4.69, 9.17) is 9.47 Å². The Kier molecular flexibility index (Phi) is 8.35. The number of hydrogen-bond acceptors (Lipinski definition) is 4. The van der Waals surface area contributed by atoms with Crippen molar-refractivity contribution in [1.29, 1.82) is 0 Å². The number of carbonyl (C=O) groups is 2. The summed E-state index contributed by atoms with van der Waals surface area (Å²) in [5.41, 5.74) is 1.06. The van der Waals surface area contributed by atoms with Crippen LogP contribution in [0.1, 0.15) is 95.1 Å². The summed E-state index contributed by atoms with van der Waals surface area (Å²) in [6, 6.07) is 16.5. The molecule has 0 radical (unpaired) electrons. The van der Waals surface area contributed by atoms with Crippen LogP contribution in [0.5, 0.6) is 0 Å². The number of carbonyl (C=O) groups excluding carboxylic acids is 2. The van der Waals surface area contributed by atoms with Crippen molar-refractivity contribution < 1.29 is 19.1 Å². The largest absolute Gasteiger partial charge is 0.469 e. The van der Waals surface area contributed by atoms with Crippen LogP contribution in [-0.4, -0.2) is 25.2 Å². The molecule has 1 heterocycles. The second-order valence-corrected chi connectivity index (χ2v) is 11.4. The molecule has 3 aromatic rings. The maximum absolute atomic E-state index is 13.8. The van der Waals surface area contributed by atoms with Gasteiger partial charge in [-0.3, -0.25) is 9.59 Å². The Hall–Kier alpha value is -2.88. The van der Waals surface area contributed by atoms with Crippen LogP contribution >= 0.6 is 0 Å². The molecule has 38 heavy (non-hydrogen) atoms. The van der Waals surface area contributed by atoms with Crippen LogP contribution in [0.2, 0.25) is 0 Å². The first-order valence-corrected chi connectivity index (χ1v) is 14.8. The van der Waals surface area contributed by atoms with Crippen molar-refractivity contribution in [1.82, 2.24) is 0 Å². The van der Waals surface area contributed by atoms with Crippen LogP contribution in [0, 0.1) is 5.92 Å². The molecule has 1 fully saturated rings. The van der Waals surface area contributed by atoms with Gasteiger partial charge in [0.05, 0.1) is 7.11 Å². The number of esters is 2. The summed E-state index contributed by atoms with van der Waals surface area (Å²) in [4.78, 5) is 27.2. The molecule has 0 amide bonds. The molecule has 1 spiro atoms. The smallest absolute Gasteiger partial charge is 0.318 e. The molecule has 0 unspecified atom stereocenters. The van der Waals surface area contributed by atoms with Crippen LogP contribution < -0.4 is 0 Å². The lowest BCUT2D eigenvalue weighted by Crippen LogP contribution is -2.48. The molecule has 2 aliphatic carbocycles. The Morgan fingerprint density at radius 1 is 0.816 bits per heavy atom. The molecular formula is C34H42O4. The lowest BCUT2D eigenvalue weighted by atomic mass is 9.59. The first-order chi connectivity index (χ1) is 18.6. The number of benzene rings is 3. The predicted molar refractivity (Wildman–Crippen MR) is 153 cm³/mol. The molecule has 3 atom stereocenters. The quantitative estimate of drug-likeness (QED) is 0.131. The molecule has 1 saturated heterocycles. The molecular weight excluding hydrogens is 472 g/mol. The Balaban J connectivity index is 1.31. The second-order valence-electron chi connectivity index (χ2n) is 11.4. The van der Waals surface area contributed by atoms with Gasteiger partial charge in [-0.15, -0.1) is 0 Å². The van der Waals surface area contributed by atoms with Gasteiger partial charge in [0.25, 0.3) is 0 Å². The van der Waals surface area contributed by atoms with E-state index in [0.29, 0.717) is 12.8 Å². The summed E-state index contributed by atoms with van der Waals surface area (Å²) in [5, 5.41) is 4.43. The maximum Gasteiger partial charge on any atom is 0.318 e. The number of unbranched alkanes of at least 4 members (excludes halogenated alkanes) is 10. The molecule has 6 rings (SSSR count). The first kappa shape index (κ1) is 26.7. The highest BCUT2D eigenvalue weighted by atomic mass is 16.6. The maximum atomic E-state index is 13.8. The molecule has 1 aliphatic heterocycles. The highest BCUT2D eigenvalue weighted by molar-refractivity contribution is 6.14. The summed E-state index contributed by atoms with van der Waals surface area (Å²) in [5.74, 6) is -1.23. The van der Waals surface area contributed by atoms with Gasteiger partial charge in [-0.2, -0.15) is 0 Å². The van der Waals surface area contributed by atoms with Gasteiger partial charge in [-0.25, -0.2) is 0 Å². The zero-order chi connectivity index (χ0) is 26.5. The topological polar surface area (TPSA) is 52.6 Å². The number of methoxy groups -OCH3 is 1. The van der Waals surface area contributed by atoms with Gasteiger partial charge in [0, 0.05) is 0 Å². The summed E-state index contributed by atoms with van der Waals surface area (Å²) in [7, 11) is 1.43. The van der Waals surface area contributed by atoms with Gasteiger partial charge >= 0.3 is 11.9 Å². The zero-order valence-electron chi connectivity index (χ0n) is 23.1. The van der Waals surface area contributed by atoms with Crippen molar-refractivity contribution in [3.05, 3.63) is 59.7 Å². The van der Waals surface area contributed by atoms with Gasteiger partial charge in [0.1, 0.15) is 17.4 Å². The minimum Gasteiger partial charge on any atom is -0.469 e. The molecule has 4 nitrogen and oxygen atoms in total. The Morgan fingerprint density at radius 2 is 1.32 bits per heavy atom. The number of hydrogen-bond donors (Lipinski definition) is 0. The fourth-order valence-corrected chi connectivity index (χ4v) is 7.17. The van der Waals surface area contributed by atoms with Gasteiger partial charge in [-0.1, -0.05) is 120 Å². The van der Waals surface area contributed by atoms with Crippen LogP contribution in [0.15, 0.2) is 48.5 Å². The average molecular weight is 515 g/mol. The molecule has 2 bridgehead atoms. The summed E-state index contributed by atoms with van der Waals surface area (Å²) in [6.07, 6.45) is 14.6. The Labute approximate surface area is 227 Å². The molecule has 4 heteroatoms. The number of cyclic esters (lactones) is 1. The summed E-state index contributed by atoms with van der Waals surface area (Å²) < 4.78 is 11.4. The molecule has 3 aliphatic rings. The Bertz CT molecular complexity index is 1240. The molecule has 0 N–H and O–H groups in total. The highest BCUT2D eigenvalue weighted by Crippen LogP contribution is 2.56. The fraction of sp³-hybridized carbons (Fsp3) is 0.529. The normalized spacial score (nSPS) is 22.0. The van der Waals surface area contributed by atoms with Gasteiger partial charge in [0.2, 0.25) is 0 Å². The monoisotopic (exact) mass is 514 g/mol. The Morgan fingerprint density at radius 3 is 1.84 bits per heavy atom. The molecule has 0 aromatic heterocycles. The van der Waals surface area contributed by atoms with Gasteiger partial charge in [0.15, 0.2) is 0 Å². The van der Waals surface area contributed by atoms with Crippen LogP contribution in [0.3, 0.4) is 0 Å². The highest BCUT2D eigenvalue weighted by Gasteiger charge is 2.64. The molecule has 3 aromatic carbocycles. The van der Waals surface area contributed by atoms with Crippen molar-refractivity contribution in [3.63, 3.8) is 0 Å². The third-order valence-electron chi connectivity index (χ3n) is 9.02. The van der Waals surface area contributed by atoms with E-state index in [0.717, 1.165) is 45.5 Å². The third kappa shape index (κ3) is 4.72. The van der Waals surface area contributed by atoms with Crippen LogP contribution in [0.4, 0.5) is 0 Å². The van der Waals surface area contributed by atoms with E-state index in [1.54, 1.807) is 0 Å². The minimum absolute atomic E-state index is 0.266. The summed E-state index contributed by atoms with van der Waals surface area (Å²) >= 11 is 0. The first-order valence-electron chi connectivity index (χ1n) is 14.8. The SMILES string of the molecule is CCCCCCCCCCCCC[C@@H]1OC(=O)[C@]2(Cc3c4ccccc4c2c2ccccc32)[C@H]1C(=O)OC. The van der Waals surface area contributed by atoms with Crippen molar-refractivity contribution in [3.8, 4) is 0 Å². The minimum atomic E-state index is -1.02. The van der Waals surface area contributed by atoms with E-state index >= 15 is 0 Å². The lowest BCUT2D eigenvalue weighted by Gasteiger charge is -2.39. The number of rotatable bonds is 13. The zero-order valence-corrected chi connectivity index (χ0v) is 23.1. The molecule has 0 saturated carbocycles. The van der Waals surface area contributed by atoms with Gasteiger partial charge in [-0.05, 0) is 51.9 Å².